The fraction of sp³-hybridized carbons (Fsp3) is 0.882. The Balaban J connectivity index is 4.11. The molecule has 0 aliphatic rings. The third kappa shape index (κ3) is 41.4. The number of esters is 2. The molecule has 0 amide bonds. The molecule has 0 radical (unpaired) electrons. The van der Waals surface area contributed by atoms with Crippen molar-refractivity contribution in [1.29, 1.82) is 0 Å². The number of unbranched alkanes of at least 4 members (excludes halogenated alkanes) is 18. The van der Waals surface area contributed by atoms with Crippen LogP contribution in [0, 0.1) is 5.92 Å². The summed E-state index contributed by atoms with van der Waals surface area (Å²) >= 11 is 0. The van der Waals surface area contributed by atoms with E-state index in [1.54, 1.807) is 0 Å². The number of aliphatic hydroxyl groups is 1. The molecule has 0 aromatic heterocycles. The normalized spacial score (nSPS) is 12.9. The van der Waals surface area contributed by atoms with Gasteiger partial charge in [0.2, 0.25) is 0 Å². The van der Waals surface area contributed by atoms with E-state index in [0.717, 1.165) is 135 Å². The number of allylic oxidation sites excluding steroid dienone is 4. The average molecular weight is 836 g/mol. The highest BCUT2D eigenvalue weighted by Crippen LogP contribution is 2.20. The minimum absolute atomic E-state index is 0.0423. The molecule has 0 spiro atoms. The molecule has 0 aromatic rings. The van der Waals surface area contributed by atoms with Crippen LogP contribution in [0.25, 0.3) is 0 Å². The van der Waals surface area contributed by atoms with E-state index in [-0.39, 0.29) is 30.8 Å². The van der Waals surface area contributed by atoms with Gasteiger partial charge in [0.15, 0.2) is 6.29 Å². The molecule has 0 bridgehead atoms. The van der Waals surface area contributed by atoms with E-state index in [2.05, 4.69) is 56.9 Å². The van der Waals surface area contributed by atoms with E-state index >= 15 is 0 Å². The van der Waals surface area contributed by atoms with Crippen molar-refractivity contribution in [3.63, 3.8) is 0 Å². The predicted octanol–water partition coefficient (Wildman–Crippen LogP) is 13.6. The number of rotatable bonds is 47. The summed E-state index contributed by atoms with van der Waals surface area (Å²) < 4.78 is 23.4. The lowest BCUT2D eigenvalue weighted by Crippen LogP contribution is -2.27. The fourth-order valence-corrected chi connectivity index (χ4v) is 7.25. The summed E-state index contributed by atoms with van der Waals surface area (Å²) in [5, 5.41) is 9.42. The van der Waals surface area contributed by atoms with E-state index in [0.29, 0.717) is 39.3 Å². The minimum atomic E-state index is -0.358. The van der Waals surface area contributed by atoms with Crippen LogP contribution in [0.4, 0.5) is 0 Å². The van der Waals surface area contributed by atoms with Gasteiger partial charge in [0.05, 0.1) is 32.2 Å². The Morgan fingerprint density at radius 2 is 1.02 bits per heavy atom. The number of carbonyl (C=O) groups is 2. The van der Waals surface area contributed by atoms with Gasteiger partial charge in [0, 0.05) is 26.2 Å². The van der Waals surface area contributed by atoms with Crippen molar-refractivity contribution in [2.24, 2.45) is 5.92 Å². The quantitative estimate of drug-likeness (QED) is 0.0280. The maximum absolute atomic E-state index is 12.7. The first-order valence-corrected chi connectivity index (χ1v) is 25.2. The van der Waals surface area contributed by atoms with Crippen LogP contribution in [0.5, 0.6) is 0 Å². The summed E-state index contributed by atoms with van der Waals surface area (Å²) in [6.07, 6.45) is 41.5. The van der Waals surface area contributed by atoms with Gasteiger partial charge < -0.3 is 29.0 Å². The van der Waals surface area contributed by atoms with Gasteiger partial charge in [-0.25, -0.2) is 0 Å². The fourth-order valence-electron chi connectivity index (χ4n) is 7.25. The zero-order chi connectivity index (χ0) is 43.1. The number of hydrogen-bond donors (Lipinski definition) is 1. The van der Waals surface area contributed by atoms with Gasteiger partial charge in [0.1, 0.15) is 0 Å². The van der Waals surface area contributed by atoms with Crippen molar-refractivity contribution in [3.05, 3.63) is 24.3 Å². The SMILES string of the molecule is CC/C=C\CCCCOC(CCC(=O)OCCCCCCCN(CCCO)CCCCCCCCCOC(=O)C(CCCC)CCCCCC)OCCC/C=C\CCC. The summed E-state index contributed by atoms with van der Waals surface area (Å²) in [4.78, 5) is 27.7. The van der Waals surface area contributed by atoms with Gasteiger partial charge >= 0.3 is 11.9 Å². The van der Waals surface area contributed by atoms with Gasteiger partial charge in [-0.1, -0.05) is 148 Å². The monoisotopic (exact) mass is 836 g/mol. The van der Waals surface area contributed by atoms with E-state index in [1.807, 2.05) is 0 Å². The zero-order valence-electron chi connectivity index (χ0n) is 39.4. The molecule has 8 heteroatoms. The summed E-state index contributed by atoms with van der Waals surface area (Å²) in [6, 6.07) is 0. The molecular weight excluding hydrogens is 739 g/mol. The molecule has 0 aromatic carbocycles. The minimum Gasteiger partial charge on any atom is -0.466 e. The van der Waals surface area contributed by atoms with Gasteiger partial charge in [-0.3, -0.25) is 9.59 Å². The van der Waals surface area contributed by atoms with Crippen LogP contribution < -0.4 is 0 Å². The lowest BCUT2D eigenvalue weighted by molar-refractivity contribution is -0.159. The first-order chi connectivity index (χ1) is 29.0. The topological polar surface area (TPSA) is 94.5 Å². The van der Waals surface area contributed by atoms with Gasteiger partial charge in [-0.15, -0.1) is 0 Å². The maximum Gasteiger partial charge on any atom is 0.308 e. The van der Waals surface area contributed by atoms with Crippen LogP contribution in [-0.2, 0) is 28.5 Å². The molecular formula is C51H97NO7. The Morgan fingerprint density at radius 3 is 1.66 bits per heavy atom. The molecule has 0 heterocycles. The molecule has 59 heavy (non-hydrogen) atoms. The summed E-state index contributed by atoms with van der Waals surface area (Å²) in [5.74, 6) is -0.0216. The Bertz CT molecular complexity index is 941. The van der Waals surface area contributed by atoms with Crippen LogP contribution in [-0.4, -0.2) is 80.9 Å². The van der Waals surface area contributed by atoms with Gasteiger partial charge in [-0.05, 0) is 103 Å². The van der Waals surface area contributed by atoms with Crippen molar-refractivity contribution in [2.45, 2.75) is 233 Å². The molecule has 2 atom stereocenters. The highest BCUT2D eigenvalue weighted by molar-refractivity contribution is 5.72. The van der Waals surface area contributed by atoms with Crippen LogP contribution in [0.2, 0.25) is 0 Å². The predicted molar refractivity (Wildman–Crippen MR) is 249 cm³/mol. The number of carbonyl (C=O) groups excluding carboxylic acids is 2. The second-order valence-corrected chi connectivity index (χ2v) is 16.7. The van der Waals surface area contributed by atoms with Crippen molar-refractivity contribution < 1.29 is 33.6 Å². The summed E-state index contributed by atoms with van der Waals surface area (Å²) in [6.45, 7) is 14.5. The third-order valence-corrected chi connectivity index (χ3v) is 11.0. The lowest BCUT2D eigenvalue weighted by atomic mass is 9.95. The van der Waals surface area contributed by atoms with Gasteiger partial charge in [-0.2, -0.15) is 0 Å². The average Bonchev–Trinajstić information content (AvgIpc) is 3.24. The molecule has 2 unspecified atom stereocenters. The Hall–Kier alpha value is -1.74. The van der Waals surface area contributed by atoms with Crippen molar-refractivity contribution in [3.8, 4) is 0 Å². The molecule has 8 nitrogen and oxygen atoms in total. The molecule has 1 N–H and O–H groups in total. The van der Waals surface area contributed by atoms with Crippen LogP contribution in [0.1, 0.15) is 227 Å². The Labute approximate surface area is 365 Å². The summed E-state index contributed by atoms with van der Waals surface area (Å²) in [7, 11) is 0. The number of aliphatic hydroxyl groups excluding tert-OH is 1. The molecule has 0 rings (SSSR count). The second kappa shape index (κ2) is 47.3. The number of ether oxygens (including phenoxy) is 4. The first-order valence-electron chi connectivity index (χ1n) is 25.2. The highest BCUT2D eigenvalue weighted by atomic mass is 16.7. The molecule has 0 aliphatic heterocycles. The first kappa shape index (κ1) is 57.3. The number of nitrogens with zero attached hydrogens (tertiary/aromatic N) is 1. The molecule has 348 valence electrons. The van der Waals surface area contributed by atoms with E-state index in [9.17, 15) is 14.7 Å². The van der Waals surface area contributed by atoms with Crippen molar-refractivity contribution in [1.82, 2.24) is 4.90 Å². The van der Waals surface area contributed by atoms with Gasteiger partial charge in [0.25, 0.3) is 0 Å². The summed E-state index contributed by atoms with van der Waals surface area (Å²) in [5.41, 5.74) is 0. The molecule has 0 saturated carbocycles. The standard InChI is InChI=1S/C51H97NO7/c1-5-9-13-16-24-32-45-57-50(58-46-33-25-17-14-10-6-2)39-38-49(54)56-44-31-27-21-23-30-41-52(42-35-43-53)40-29-22-19-18-20-26-34-47-59-51(55)48(36-12-8-4)37-28-15-11-7-3/h9,13-14,17,48,50,53H,5-8,10-12,15-16,18-47H2,1-4H3/b13-9-,17-14-. The molecule has 0 aliphatic carbocycles. The Kier molecular flexibility index (Phi) is 45.9. The van der Waals surface area contributed by atoms with E-state index in [4.69, 9.17) is 18.9 Å². The smallest absolute Gasteiger partial charge is 0.308 e. The second-order valence-electron chi connectivity index (χ2n) is 16.7. The lowest BCUT2D eigenvalue weighted by Gasteiger charge is -2.22. The molecule has 0 fully saturated rings. The Morgan fingerprint density at radius 1 is 0.492 bits per heavy atom. The van der Waals surface area contributed by atoms with E-state index < -0.39 is 0 Å². The van der Waals surface area contributed by atoms with Crippen molar-refractivity contribution in [2.75, 3.05) is 52.7 Å². The maximum atomic E-state index is 12.7. The van der Waals surface area contributed by atoms with Crippen LogP contribution in [0.15, 0.2) is 24.3 Å². The van der Waals surface area contributed by atoms with Crippen LogP contribution >= 0.6 is 0 Å². The molecule has 0 saturated heterocycles. The third-order valence-electron chi connectivity index (χ3n) is 11.0. The van der Waals surface area contributed by atoms with Crippen LogP contribution in [0.3, 0.4) is 0 Å². The largest absolute Gasteiger partial charge is 0.466 e. The van der Waals surface area contributed by atoms with Crippen molar-refractivity contribution >= 4 is 11.9 Å². The zero-order valence-corrected chi connectivity index (χ0v) is 39.4. The van der Waals surface area contributed by atoms with E-state index in [1.165, 1.54) is 70.6 Å². The highest BCUT2D eigenvalue weighted by Gasteiger charge is 2.19. The number of hydrogen-bond acceptors (Lipinski definition) is 8.